The average Bonchev–Trinajstić information content (AvgIpc) is 2.40. The molecule has 0 amide bonds. The van der Waals surface area contributed by atoms with Crippen LogP contribution in [0, 0.1) is 0 Å². The van der Waals surface area contributed by atoms with E-state index in [2.05, 4.69) is 20.5 Å². The highest BCUT2D eigenvalue weighted by Gasteiger charge is 2.24. The predicted molar refractivity (Wildman–Crippen MR) is 78.6 cm³/mol. The van der Waals surface area contributed by atoms with E-state index in [4.69, 9.17) is 11.5 Å². The van der Waals surface area contributed by atoms with Gasteiger partial charge in [-0.3, -0.25) is 10.7 Å². The van der Waals surface area contributed by atoms with Crippen LogP contribution in [0.25, 0.3) is 0 Å². The van der Waals surface area contributed by atoms with Crippen molar-refractivity contribution in [1.29, 1.82) is 0 Å². The molecule has 0 saturated carbocycles. The molecule has 0 aliphatic carbocycles. The number of piperidine rings is 1. The molecule has 2 aliphatic heterocycles. The lowest BCUT2D eigenvalue weighted by Crippen LogP contribution is -2.56. The highest BCUT2D eigenvalue weighted by Crippen LogP contribution is 2.09. The highest BCUT2D eigenvalue weighted by atomic mass is 15.3. The molecule has 108 valence electrons. The Morgan fingerprint density at radius 1 is 1.37 bits per heavy atom. The van der Waals surface area contributed by atoms with Crippen molar-refractivity contribution in [3.05, 3.63) is 11.9 Å². The minimum Gasteiger partial charge on any atom is -0.370 e. The van der Waals surface area contributed by atoms with Crippen molar-refractivity contribution in [3.63, 3.8) is 0 Å². The zero-order chi connectivity index (χ0) is 13.6. The molecule has 1 unspecified atom stereocenters. The molecule has 0 aromatic heterocycles. The largest absolute Gasteiger partial charge is 0.370 e. The van der Waals surface area contributed by atoms with Gasteiger partial charge in [-0.15, -0.1) is 0 Å². The first kappa shape index (κ1) is 14.3. The summed E-state index contributed by atoms with van der Waals surface area (Å²) in [7, 11) is 0. The van der Waals surface area contributed by atoms with Gasteiger partial charge in [0.05, 0.1) is 0 Å². The monoisotopic (exact) mass is 266 g/mol. The van der Waals surface area contributed by atoms with E-state index in [9.17, 15) is 0 Å². The lowest BCUT2D eigenvalue weighted by molar-refractivity contribution is 0.229. The van der Waals surface area contributed by atoms with Crippen LogP contribution in [0.3, 0.4) is 0 Å². The summed E-state index contributed by atoms with van der Waals surface area (Å²) < 4.78 is 0. The van der Waals surface area contributed by atoms with Crippen molar-refractivity contribution in [3.8, 4) is 0 Å². The molecule has 0 radical (unpaired) electrons. The molecule has 0 aromatic carbocycles. The molecule has 2 rings (SSSR count). The van der Waals surface area contributed by atoms with Crippen LogP contribution in [0.1, 0.15) is 25.7 Å². The summed E-state index contributed by atoms with van der Waals surface area (Å²) in [5.41, 5.74) is 11.6. The van der Waals surface area contributed by atoms with E-state index in [1.165, 1.54) is 32.4 Å². The van der Waals surface area contributed by atoms with Gasteiger partial charge in [-0.25, -0.2) is 0 Å². The maximum atomic E-state index is 6.09. The van der Waals surface area contributed by atoms with E-state index < -0.39 is 5.79 Å². The summed E-state index contributed by atoms with van der Waals surface area (Å²) in [5.74, 6) is 0.180. The summed E-state index contributed by atoms with van der Waals surface area (Å²) in [5, 5.41) is 6.58. The lowest BCUT2D eigenvalue weighted by Gasteiger charge is -2.32. The smallest absolute Gasteiger partial charge is 0.184 e. The molecule has 0 aromatic rings. The number of nitrogens with two attached hydrogens (primary N) is 2. The van der Waals surface area contributed by atoms with Crippen LogP contribution < -0.4 is 22.1 Å². The number of nitrogens with zero attached hydrogens (tertiary/aromatic N) is 2. The van der Waals surface area contributed by atoms with E-state index >= 15 is 0 Å². The number of rotatable bonds is 6. The van der Waals surface area contributed by atoms with Gasteiger partial charge >= 0.3 is 0 Å². The van der Waals surface area contributed by atoms with Crippen molar-refractivity contribution < 1.29 is 0 Å². The Morgan fingerprint density at radius 2 is 2.16 bits per heavy atom. The maximum absolute atomic E-state index is 6.09. The summed E-state index contributed by atoms with van der Waals surface area (Å²) in [6.45, 7) is 4.96. The van der Waals surface area contributed by atoms with Crippen molar-refractivity contribution in [2.45, 2.75) is 31.5 Å². The Balaban J connectivity index is 1.71. The molecule has 2 heterocycles. The molecule has 1 saturated heterocycles. The van der Waals surface area contributed by atoms with E-state index in [-0.39, 0.29) is 0 Å². The number of hydrogen-bond donors (Lipinski definition) is 4. The second kappa shape index (κ2) is 6.88. The number of likely N-dealkylation sites (tertiary alicyclic amines) is 1. The standard InChI is InChI=1S/C13H26N6/c14-6-5-13(15)17-7-4-12(18-13)16-8-11-19-9-2-1-3-10-19/h4,7,16,18H,1-3,5-6,8-11,14-15H2. The lowest BCUT2D eigenvalue weighted by atomic mass is 10.1. The van der Waals surface area contributed by atoms with E-state index in [1.807, 2.05) is 6.08 Å². The Kier molecular flexibility index (Phi) is 5.18. The maximum Gasteiger partial charge on any atom is 0.184 e. The summed E-state index contributed by atoms with van der Waals surface area (Å²) in [4.78, 5) is 6.74. The molecular formula is C13H26N6. The summed E-state index contributed by atoms with van der Waals surface area (Å²) in [6.07, 6.45) is 8.32. The zero-order valence-corrected chi connectivity index (χ0v) is 11.6. The van der Waals surface area contributed by atoms with Crippen LogP contribution in [0.5, 0.6) is 0 Å². The fourth-order valence-corrected chi connectivity index (χ4v) is 2.53. The second-order valence-corrected chi connectivity index (χ2v) is 5.28. The van der Waals surface area contributed by atoms with Crippen molar-refractivity contribution >= 4 is 6.21 Å². The second-order valence-electron chi connectivity index (χ2n) is 5.28. The SMILES string of the molecule is NCCC1(N)N=CC=C(NCCN2CCCCC2)N1. The van der Waals surface area contributed by atoms with Gasteiger partial charge < -0.3 is 21.3 Å². The predicted octanol–water partition coefficient (Wildman–Crippen LogP) is -0.461. The van der Waals surface area contributed by atoms with Crippen LogP contribution in [0.2, 0.25) is 0 Å². The fraction of sp³-hybridized carbons (Fsp3) is 0.769. The van der Waals surface area contributed by atoms with Crippen LogP contribution in [0.15, 0.2) is 16.9 Å². The Hall–Kier alpha value is -1.11. The van der Waals surface area contributed by atoms with Crippen molar-refractivity contribution in [2.75, 3.05) is 32.7 Å². The molecule has 1 fully saturated rings. The summed E-state index contributed by atoms with van der Waals surface area (Å²) >= 11 is 0. The Labute approximate surface area is 115 Å². The van der Waals surface area contributed by atoms with E-state index in [1.54, 1.807) is 6.21 Å². The first-order chi connectivity index (χ1) is 9.22. The number of nitrogens with one attached hydrogen (secondary N) is 2. The molecule has 19 heavy (non-hydrogen) atoms. The topological polar surface area (TPSA) is 91.7 Å². The molecule has 6 heteroatoms. The number of aliphatic imine (C=N–C) groups is 1. The number of allylic oxidation sites excluding steroid dienone is 1. The van der Waals surface area contributed by atoms with E-state index in [0.717, 1.165) is 18.9 Å². The number of hydrogen-bond acceptors (Lipinski definition) is 6. The van der Waals surface area contributed by atoms with Gasteiger partial charge in [0, 0.05) is 25.7 Å². The van der Waals surface area contributed by atoms with Crippen molar-refractivity contribution in [2.24, 2.45) is 16.5 Å². The van der Waals surface area contributed by atoms with Crippen LogP contribution in [0.4, 0.5) is 0 Å². The minimum absolute atomic E-state index is 0.516. The first-order valence-electron chi connectivity index (χ1n) is 7.21. The Morgan fingerprint density at radius 3 is 2.89 bits per heavy atom. The van der Waals surface area contributed by atoms with Gasteiger partial charge in [-0.05, 0) is 38.6 Å². The van der Waals surface area contributed by atoms with E-state index in [0.29, 0.717) is 13.0 Å². The zero-order valence-electron chi connectivity index (χ0n) is 11.6. The molecule has 6 N–H and O–H groups in total. The van der Waals surface area contributed by atoms with Gasteiger partial charge in [0.15, 0.2) is 5.79 Å². The van der Waals surface area contributed by atoms with Crippen LogP contribution in [-0.4, -0.2) is 49.6 Å². The molecule has 0 bridgehead atoms. The third-order valence-corrected chi connectivity index (χ3v) is 3.61. The van der Waals surface area contributed by atoms with Gasteiger partial charge in [0.2, 0.25) is 0 Å². The molecule has 1 atom stereocenters. The molecule has 0 spiro atoms. The summed E-state index contributed by atoms with van der Waals surface area (Å²) in [6, 6.07) is 0. The third-order valence-electron chi connectivity index (χ3n) is 3.61. The van der Waals surface area contributed by atoms with Gasteiger partial charge in [0.1, 0.15) is 5.82 Å². The van der Waals surface area contributed by atoms with Crippen LogP contribution in [-0.2, 0) is 0 Å². The Bertz CT molecular complexity index is 334. The van der Waals surface area contributed by atoms with Gasteiger partial charge in [0.25, 0.3) is 0 Å². The third kappa shape index (κ3) is 4.49. The fourth-order valence-electron chi connectivity index (χ4n) is 2.53. The molecule has 6 nitrogen and oxygen atoms in total. The normalized spacial score (nSPS) is 27.8. The molecule has 2 aliphatic rings. The van der Waals surface area contributed by atoms with Crippen LogP contribution >= 0.6 is 0 Å². The highest BCUT2D eigenvalue weighted by molar-refractivity contribution is 5.73. The first-order valence-corrected chi connectivity index (χ1v) is 7.21. The van der Waals surface area contributed by atoms with Gasteiger partial charge in [-0.1, -0.05) is 6.42 Å². The quantitative estimate of drug-likeness (QED) is 0.522. The van der Waals surface area contributed by atoms with Crippen molar-refractivity contribution in [1.82, 2.24) is 15.5 Å². The minimum atomic E-state index is -0.753. The van der Waals surface area contributed by atoms with Gasteiger partial charge in [-0.2, -0.15) is 0 Å². The average molecular weight is 266 g/mol. The molecular weight excluding hydrogens is 240 g/mol.